The second-order valence-corrected chi connectivity index (χ2v) is 6.68. The fourth-order valence-corrected chi connectivity index (χ4v) is 3.44. The predicted octanol–water partition coefficient (Wildman–Crippen LogP) is 4.87. The van der Waals surface area contributed by atoms with Gasteiger partial charge in [-0.15, -0.1) is 0 Å². The van der Waals surface area contributed by atoms with Crippen LogP contribution >= 0.6 is 0 Å². The first kappa shape index (κ1) is 16.7. The highest BCUT2D eigenvalue weighted by Gasteiger charge is 2.57. The van der Waals surface area contributed by atoms with Crippen LogP contribution in [0.2, 0.25) is 0 Å². The summed E-state index contributed by atoms with van der Waals surface area (Å²) in [5, 5.41) is 0. The molecule has 0 atom stereocenters. The van der Waals surface area contributed by atoms with E-state index in [0.29, 0.717) is 6.61 Å². The molecule has 0 radical (unpaired) electrons. The summed E-state index contributed by atoms with van der Waals surface area (Å²) >= 11 is 0. The highest BCUT2D eigenvalue weighted by Crippen LogP contribution is 2.51. The fourth-order valence-electron chi connectivity index (χ4n) is 3.44. The Labute approximate surface area is 144 Å². The lowest BCUT2D eigenvalue weighted by Crippen LogP contribution is -2.62. The molecule has 0 unspecified atom stereocenters. The molecule has 1 aliphatic rings. The Kier molecular flexibility index (Phi) is 4.20. The van der Waals surface area contributed by atoms with E-state index in [-0.39, 0.29) is 0 Å². The summed E-state index contributed by atoms with van der Waals surface area (Å²) in [6.07, 6.45) is 3.55. The lowest BCUT2D eigenvalue weighted by molar-refractivity contribution is -0.278. The van der Waals surface area contributed by atoms with Crippen molar-refractivity contribution in [2.45, 2.75) is 30.7 Å². The van der Waals surface area contributed by atoms with E-state index in [1.807, 2.05) is 36.4 Å². The maximum atomic E-state index is 6.79. The first-order valence-corrected chi connectivity index (χ1v) is 8.22. The van der Waals surface area contributed by atoms with E-state index in [4.69, 9.17) is 9.47 Å². The van der Waals surface area contributed by atoms with Crippen LogP contribution in [0.3, 0.4) is 0 Å². The molecule has 1 aliphatic heterocycles. The van der Waals surface area contributed by atoms with E-state index >= 15 is 0 Å². The van der Waals surface area contributed by atoms with E-state index in [1.54, 1.807) is 12.2 Å². The van der Waals surface area contributed by atoms with Gasteiger partial charge in [0.1, 0.15) is 16.8 Å². The second-order valence-electron chi connectivity index (χ2n) is 6.68. The van der Waals surface area contributed by atoms with Gasteiger partial charge in [-0.1, -0.05) is 86.0 Å². The van der Waals surface area contributed by atoms with E-state index < -0.39 is 16.8 Å². The summed E-state index contributed by atoms with van der Waals surface area (Å²) in [5.74, 6) is 0. The lowest BCUT2D eigenvalue weighted by atomic mass is 9.72. The Hall–Kier alpha value is -2.16. The molecule has 0 amide bonds. The van der Waals surface area contributed by atoms with Crippen LogP contribution in [0.4, 0.5) is 0 Å². The van der Waals surface area contributed by atoms with Crippen molar-refractivity contribution in [2.75, 3.05) is 6.61 Å². The molecule has 2 heteroatoms. The Balaban J connectivity index is 2.30. The van der Waals surface area contributed by atoms with Gasteiger partial charge in [0.25, 0.3) is 0 Å². The van der Waals surface area contributed by atoms with E-state index in [1.165, 1.54) is 0 Å². The summed E-state index contributed by atoms with van der Waals surface area (Å²) in [7, 11) is 0. The second kappa shape index (κ2) is 6.04. The maximum Gasteiger partial charge on any atom is 0.148 e. The first-order chi connectivity index (χ1) is 11.5. The van der Waals surface area contributed by atoms with Crippen molar-refractivity contribution in [1.82, 2.24) is 0 Å². The Bertz CT molecular complexity index is 669. The van der Waals surface area contributed by atoms with Gasteiger partial charge in [-0.3, -0.25) is 0 Å². The molecule has 0 aromatic heterocycles. The summed E-state index contributed by atoms with van der Waals surface area (Å²) in [6, 6.07) is 20.5. The van der Waals surface area contributed by atoms with Crippen LogP contribution in [-0.2, 0) is 15.1 Å². The summed E-state index contributed by atoms with van der Waals surface area (Å²) in [6.45, 7) is 12.4. The normalized spacial score (nSPS) is 20.9. The zero-order valence-electron chi connectivity index (χ0n) is 14.4. The molecule has 0 N–H and O–H groups in total. The van der Waals surface area contributed by atoms with Crippen molar-refractivity contribution >= 4 is 0 Å². The van der Waals surface area contributed by atoms with Gasteiger partial charge >= 0.3 is 0 Å². The number of hydrogen-bond acceptors (Lipinski definition) is 2. The molecule has 2 nitrogen and oxygen atoms in total. The van der Waals surface area contributed by atoms with Gasteiger partial charge in [-0.25, -0.2) is 0 Å². The average molecular weight is 320 g/mol. The minimum Gasteiger partial charge on any atom is -0.368 e. The van der Waals surface area contributed by atoms with E-state index in [0.717, 1.165) is 11.1 Å². The largest absolute Gasteiger partial charge is 0.368 e. The minimum absolute atomic E-state index is 0.397. The van der Waals surface area contributed by atoms with Crippen LogP contribution in [0, 0.1) is 0 Å². The van der Waals surface area contributed by atoms with Crippen molar-refractivity contribution in [3.05, 3.63) is 97.1 Å². The summed E-state index contributed by atoms with van der Waals surface area (Å²) in [5.41, 5.74) is 0.0331. The third kappa shape index (κ3) is 2.43. The number of benzene rings is 2. The van der Waals surface area contributed by atoms with Crippen molar-refractivity contribution < 1.29 is 9.47 Å². The molecule has 1 saturated heterocycles. The maximum absolute atomic E-state index is 6.79. The predicted molar refractivity (Wildman–Crippen MR) is 97.9 cm³/mol. The molecule has 24 heavy (non-hydrogen) atoms. The topological polar surface area (TPSA) is 18.5 Å². The van der Waals surface area contributed by atoms with Crippen molar-refractivity contribution in [2.24, 2.45) is 0 Å². The fraction of sp³-hybridized carbons (Fsp3) is 0.273. The number of rotatable bonds is 4. The van der Waals surface area contributed by atoms with Crippen LogP contribution < -0.4 is 0 Å². The van der Waals surface area contributed by atoms with Crippen molar-refractivity contribution in [3.63, 3.8) is 0 Å². The zero-order valence-corrected chi connectivity index (χ0v) is 14.4. The standard InChI is InChI=1S/C22H24O2/c1-5-21(6-2)17-23-20(3,4)22(24-21,18-13-9-7-10-14-18)19-15-11-8-12-16-19/h5-16H,1-2,17H2,3-4H3. The number of hydrogen-bond donors (Lipinski definition) is 0. The molecule has 124 valence electrons. The third-order valence-corrected chi connectivity index (χ3v) is 4.90. The van der Waals surface area contributed by atoms with Crippen LogP contribution in [-0.4, -0.2) is 17.8 Å². The molecule has 3 rings (SSSR count). The highest BCUT2D eigenvalue weighted by molar-refractivity contribution is 5.42. The lowest BCUT2D eigenvalue weighted by Gasteiger charge is -2.55. The smallest absolute Gasteiger partial charge is 0.148 e. The summed E-state index contributed by atoms with van der Waals surface area (Å²) in [4.78, 5) is 0. The molecule has 0 bridgehead atoms. The van der Waals surface area contributed by atoms with Gasteiger partial charge in [0.15, 0.2) is 0 Å². The van der Waals surface area contributed by atoms with Crippen LogP contribution in [0.1, 0.15) is 25.0 Å². The molecular weight excluding hydrogens is 296 g/mol. The van der Waals surface area contributed by atoms with Gasteiger partial charge in [0, 0.05) is 0 Å². The monoisotopic (exact) mass is 320 g/mol. The van der Waals surface area contributed by atoms with E-state index in [2.05, 4.69) is 51.3 Å². The van der Waals surface area contributed by atoms with Crippen LogP contribution in [0.25, 0.3) is 0 Å². The minimum atomic E-state index is -0.768. The molecule has 1 fully saturated rings. The molecule has 2 aromatic carbocycles. The average Bonchev–Trinajstić information content (AvgIpc) is 2.64. The third-order valence-electron chi connectivity index (χ3n) is 4.90. The number of ether oxygens (including phenoxy) is 2. The van der Waals surface area contributed by atoms with Gasteiger partial charge in [0.2, 0.25) is 0 Å². The van der Waals surface area contributed by atoms with Gasteiger partial charge in [-0.05, 0) is 25.0 Å². The molecule has 0 spiro atoms. The van der Waals surface area contributed by atoms with Crippen LogP contribution in [0.15, 0.2) is 86.0 Å². The Morgan fingerprint density at radius 2 is 1.29 bits per heavy atom. The van der Waals surface area contributed by atoms with Gasteiger partial charge < -0.3 is 9.47 Å². The molecule has 0 aliphatic carbocycles. The molecule has 0 saturated carbocycles. The quantitative estimate of drug-likeness (QED) is 0.749. The Morgan fingerprint density at radius 3 is 1.71 bits per heavy atom. The van der Waals surface area contributed by atoms with E-state index in [9.17, 15) is 0 Å². The molecular formula is C22H24O2. The van der Waals surface area contributed by atoms with Gasteiger partial charge in [0.05, 0.1) is 6.61 Å². The van der Waals surface area contributed by atoms with Gasteiger partial charge in [-0.2, -0.15) is 0 Å². The van der Waals surface area contributed by atoms with Crippen molar-refractivity contribution in [3.8, 4) is 0 Å². The molecule has 2 aromatic rings. The van der Waals surface area contributed by atoms with Crippen molar-refractivity contribution in [1.29, 1.82) is 0 Å². The Morgan fingerprint density at radius 1 is 0.833 bits per heavy atom. The first-order valence-electron chi connectivity index (χ1n) is 8.22. The molecule has 1 heterocycles. The van der Waals surface area contributed by atoms with Crippen LogP contribution in [0.5, 0.6) is 0 Å². The zero-order chi connectivity index (χ0) is 17.3. The SMILES string of the molecule is C=CC1(C=C)COC(C)(C)C(c2ccccc2)(c2ccccc2)O1. The summed E-state index contributed by atoms with van der Waals surface area (Å²) < 4.78 is 13.1. The highest BCUT2D eigenvalue weighted by atomic mass is 16.6.